The molecule has 174 valence electrons. The molecule has 0 aromatic heterocycles. The Morgan fingerprint density at radius 3 is 1.83 bits per heavy atom. The van der Waals surface area contributed by atoms with Crippen molar-refractivity contribution in [1.29, 1.82) is 0 Å². The van der Waals surface area contributed by atoms with Crippen LogP contribution >= 0.6 is 0 Å². The maximum Gasteiger partial charge on any atom is 0.250 e. The number of aryl methyl sites for hydroxylation is 2. The molecule has 1 heterocycles. The van der Waals surface area contributed by atoms with Crippen LogP contribution in [-0.4, -0.2) is 23.4 Å². The van der Waals surface area contributed by atoms with Crippen LogP contribution in [0.15, 0.2) is 96.6 Å². The molecule has 0 N–H and O–H groups in total. The molecule has 0 bridgehead atoms. The van der Waals surface area contributed by atoms with Crippen LogP contribution < -0.4 is 4.74 Å². The smallest absolute Gasteiger partial charge is 0.250 e. The fraction of sp³-hybridized carbons (Fsp3) is 0.147. The summed E-state index contributed by atoms with van der Waals surface area (Å²) >= 11 is 0. The molecule has 4 aromatic rings. The van der Waals surface area contributed by atoms with Crippen molar-refractivity contribution in [2.75, 3.05) is 7.05 Å². The summed E-state index contributed by atoms with van der Waals surface area (Å²) in [4.78, 5) is 0. The second kappa shape index (κ2) is 7.66. The standard InChI is InChI=1S/C34H28NO/c1-20-17-21(2)33-30(18-20)36-31-19-29-27-15-8-7-13-25(27)23-11-5-6-12-24(23)26-14-9-10-16-28(26)32(29)22(3)34(31)35(33)4/h5-19,31H,1-4H3/q+1. The first-order chi connectivity index (χ1) is 17.5. The number of benzene rings is 4. The lowest BCUT2D eigenvalue weighted by atomic mass is 9.74. The maximum absolute atomic E-state index is 6.74. The van der Waals surface area contributed by atoms with E-state index in [0.717, 1.165) is 11.4 Å². The van der Waals surface area contributed by atoms with E-state index in [9.17, 15) is 0 Å². The van der Waals surface area contributed by atoms with Gasteiger partial charge >= 0.3 is 0 Å². The van der Waals surface area contributed by atoms with Gasteiger partial charge in [0.1, 0.15) is 7.05 Å². The molecule has 2 heteroatoms. The molecule has 4 aromatic carbocycles. The lowest BCUT2D eigenvalue weighted by Crippen LogP contribution is -2.38. The molecular weight excluding hydrogens is 438 g/mol. The summed E-state index contributed by atoms with van der Waals surface area (Å²) in [6, 6.07) is 30.9. The van der Waals surface area contributed by atoms with Crippen molar-refractivity contribution in [1.82, 2.24) is 0 Å². The van der Waals surface area contributed by atoms with Gasteiger partial charge in [-0.05, 0) is 89.1 Å². The number of allylic oxidation sites excluding steroid dienone is 2. The molecule has 36 heavy (non-hydrogen) atoms. The van der Waals surface area contributed by atoms with Crippen molar-refractivity contribution < 1.29 is 9.31 Å². The average Bonchev–Trinajstić information content (AvgIpc) is 2.87. The molecule has 2 nitrogen and oxygen atoms in total. The van der Waals surface area contributed by atoms with E-state index >= 15 is 0 Å². The first-order valence-electron chi connectivity index (χ1n) is 12.6. The third-order valence-corrected chi connectivity index (χ3v) is 7.90. The van der Waals surface area contributed by atoms with Gasteiger partial charge in [0.2, 0.25) is 11.8 Å². The Kier molecular flexibility index (Phi) is 4.50. The topological polar surface area (TPSA) is 12.2 Å². The summed E-state index contributed by atoms with van der Waals surface area (Å²) in [5.74, 6) is 0.960. The molecule has 0 saturated heterocycles. The van der Waals surface area contributed by atoms with Crippen LogP contribution in [0.5, 0.6) is 5.75 Å². The molecule has 3 aliphatic rings. The highest BCUT2D eigenvalue weighted by molar-refractivity contribution is 6.24. The molecule has 7 rings (SSSR count). The minimum Gasteiger partial charge on any atom is -0.468 e. The minimum absolute atomic E-state index is 0.141. The summed E-state index contributed by atoms with van der Waals surface area (Å²) in [7, 11) is 2.19. The highest BCUT2D eigenvalue weighted by Gasteiger charge is 2.41. The van der Waals surface area contributed by atoms with Crippen LogP contribution in [0.3, 0.4) is 0 Å². The monoisotopic (exact) mass is 466 g/mol. The van der Waals surface area contributed by atoms with Gasteiger partial charge in [0.25, 0.3) is 5.69 Å². The van der Waals surface area contributed by atoms with Gasteiger partial charge in [0, 0.05) is 11.1 Å². The molecule has 0 saturated carbocycles. The van der Waals surface area contributed by atoms with Gasteiger partial charge in [-0.1, -0.05) is 72.8 Å². The van der Waals surface area contributed by atoms with Crippen LogP contribution in [-0.2, 0) is 0 Å². The van der Waals surface area contributed by atoms with Gasteiger partial charge in [-0.25, -0.2) is 0 Å². The van der Waals surface area contributed by atoms with Crippen molar-refractivity contribution in [3.05, 3.63) is 119 Å². The van der Waals surface area contributed by atoms with Gasteiger partial charge < -0.3 is 4.74 Å². The van der Waals surface area contributed by atoms with Gasteiger partial charge in [-0.3, -0.25) is 0 Å². The van der Waals surface area contributed by atoms with Crippen molar-refractivity contribution in [2.24, 2.45) is 0 Å². The van der Waals surface area contributed by atoms with E-state index in [-0.39, 0.29) is 6.10 Å². The van der Waals surface area contributed by atoms with E-state index in [2.05, 4.69) is 123 Å². The highest BCUT2D eigenvalue weighted by atomic mass is 16.5. The highest BCUT2D eigenvalue weighted by Crippen LogP contribution is 2.50. The summed E-state index contributed by atoms with van der Waals surface area (Å²) in [6.45, 7) is 6.58. The average molecular weight is 467 g/mol. The van der Waals surface area contributed by atoms with Crippen LogP contribution in [0.4, 0.5) is 5.69 Å². The minimum atomic E-state index is -0.141. The third-order valence-electron chi connectivity index (χ3n) is 7.90. The number of fused-ring (bicyclic) bond motifs is 10. The second-order valence-electron chi connectivity index (χ2n) is 10.1. The Balaban J connectivity index is 1.61. The molecule has 1 aliphatic heterocycles. The van der Waals surface area contributed by atoms with Gasteiger partial charge in [0.15, 0.2) is 5.75 Å². The van der Waals surface area contributed by atoms with E-state index in [0.29, 0.717) is 0 Å². The summed E-state index contributed by atoms with van der Waals surface area (Å²) < 4.78 is 9.10. The fourth-order valence-electron chi connectivity index (χ4n) is 6.50. The first kappa shape index (κ1) is 21.1. The van der Waals surface area contributed by atoms with Crippen molar-refractivity contribution in [3.63, 3.8) is 0 Å². The van der Waals surface area contributed by atoms with Crippen LogP contribution in [0.2, 0.25) is 0 Å². The fourth-order valence-corrected chi connectivity index (χ4v) is 6.50. The molecule has 1 atom stereocenters. The number of ether oxygens (including phenoxy) is 1. The largest absolute Gasteiger partial charge is 0.468 e. The van der Waals surface area contributed by atoms with Crippen LogP contribution in [0, 0.1) is 13.8 Å². The van der Waals surface area contributed by atoms with E-state index in [1.165, 1.54) is 66.9 Å². The Morgan fingerprint density at radius 2 is 1.19 bits per heavy atom. The summed E-state index contributed by atoms with van der Waals surface area (Å²) in [6.07, 6.45) is 2.20. The summed E-state index contributed by atoms with van der Waals surface area (Å²) in [5, 5.41) is 0. The zero-order valence-corrected chi connectivity index (χ0v) is 21.1. The van der Waals surface area contributed by atoms with E-state index in [1.807, 2.05) is 0 Å². The zero-order valence-electron chi connectivity index (χ0n) is 21.1. The van der Waals surface area contributed by atoms with E-state index in [1.54, 1.807) is 0 Å². The summed E-state index contributed by atoms with van der Waals surface area (Å²) in [5.41, 5.74) is 16.3. The lowest BCUT2D eigenvalue weighted by molar-refractivity contribution is -0.413. The van der Waals surface area contributed by atoms with Crippen molar-refractivity contribution in [2.45, 2.75) is 26.9 Å². The van der Waals surface area contributed by atoms with Gasteiger partial charge in [-0.2, -0.15) is 4.58 Å². The quantitative estimate of drug-likeness (QED) is 0.239. The molecule has 1 unspecified atom stereocenters. The molecular formula is C34H28NO+. The Bertz CT molecular complexity index is 1700. The lowest BCUT2D eigenvalue weighted by Gasteiger charge is -2.33. The van der Waals surface area contributed by atoms with E-state index < -0.39 is 0 Å². The Hall–Kier alpha value is -4.17. The molecule has 0 spiro atoms. The molecule has 0 fully saturated rings. The first-order valence-corrected chi connectivity index (χ1v) is 12.6. The van der Waals surface area contributed by atoms with Crippen LogP contribution in [0.25, 0.3) is 33.4 Å². The van der Waals surface area contributed by atoms with Gasteiger partial charge in [-0.15, -0.1) is 0 Å². The number of hydrogen-bond acceptors (Lipinski definition) is 1. The van der Waals surface area contributed by atoms with Gasteiger partial charge in [0.05, 0.1) is 0 Å². The zero-order chi connectivity index (χ0) is 24.6. The Morgan fingerprint density at radius 1 is 0.667 bits per heavy atom. The van der Waals surface area contributed by atoms with Crippen molar-refractivity contribution >= 4 is 22.5 Å². The predicted molar refractivity (Wildman–Crippen MR) is 149 cm³/mol. The number of hydrogen-bond donors (Lipinski definition) is 0. The molecule has 0 radical (unpaired) electrons. The Labute approximate surface area is 212 Å². The third kappa shape index (κ3) is 2.88. The molecule has 0 amide bonds. The normalized spacial score (nSPS) is 17.3. The predicted octanol–water partition coefficient (Wildman–Crippen LogP) is 8.00. The van der Waals surface area contributed by atoms with Crippen LogP contribution in [0.1, 0.15) is 29.2 Å². The SMILES string of the molecule is CC1=C2C(=CC3Oc4cc(C)cc(C)c4[N+](C)=C13)c1ccccc1-c1ccccc1-c1ccccc12. The molecule has 2 aliphatic carbocycles. The second-order valence-corrected chi connectivity index (χ2v) is 10.1. The van der Waals surface area contributed by atoms with Crippen molar-refractivity contribution in [3.8, 4) is 28.0 Å². The number of nitrogens with zero attached hydrogens (tertiary/aromatic N) is 1. The number of rotatable bonds is 0. The van der Waals surface area contributed by atoms with E-state index in [4.69, 9.17) is 4.74 Å². The maximum atomic E-state index is 6.74.